The second-order valence-corrected chi connectivity index (χ2v) is 2.65. The molecule has 0 radical (unpaired) electrons. The van der Waals surface area contributed by atoms with Gasteiger partial charge < -0.3 is 5.32 Å². The Kier molecular flexibility index (Phi) is 2.06. The van der Waals surface area contributed by atoms with Crippen LogP contribution in [0, 0.1) is 0 Å². The van der Waals surface area contributed by atoms with Gasteiger partial charge in [-0.1, -0.05) is 0 Å². The Bertz CT molecular complexity index is 480. The average molecular weight is 187 g/mol. The van der Waals surface area contributed by atoms with Gasteiger partial charge in [-0.05, 0) is 18.9 Å². The van der Waals surface area contributed by atoms with Crippen LogP contribution in [-0.4, -0.2) is 28.7 Å². The number of nitrogens with zero attached hydrogens (tertiary/aromatic N) is 4. The Morgan fingerprint density at radius 3 is 3.00 bits per heavy atom. The van der Waals surface area contributed by atoms with Crippen LogP contribution in [-0.2, 0) is 0 Å². The molecule has 0 spiro atoms. The predicted molar refractivity (Wildman–Crippen MR) is 56.1 cm³/mol. The first-order valence-electron chi connectivity index (χ1n) is 4.12. The standard InChI is InChI=1S/C9H9N5/c1-10-8-7-6(4-3-5-12-7)13-9(11-2)14-8/h3-5H,1H2,2H3,(H,11,13,14). The van der Waals surface area contributed by atoms with E-state index in [4.69, 9.17) is 0 Å². The molecule has 0 aliphatic rings. The highest BCUT2D eigenvalue weighted by atomic mass is 15.1. The fraction of sp³-hybridized carbons (Fsp3) is 0.111. The third-order valence-electron chi connectivity index (χ3n) is 1.81. The summed E-state index contributed by atoms with van der Waals surface area (Å²) in [7, 11) is 1.75. The zero-order valence-electron chi connectivity index (χ0n) is 7.73. The van der Waals surface area contributed by atoms with Gasteiger partial charge in [-0.25, -0.2) is 9.98 Å². The topological polar surface area (TPSA) is 63.1 Å². The molecule has 0 unspecified atom stereocenters. The van der Waals surface area contributed by atoms with Crippen molar-refractivity contribution in [3.63, 3.8) is 0 Å². The first kappa shape index (κ1) is 8.55. The molecule has 2 rings (SSSR count). The Balaban J connectivity index is 2.79. The van der Waals surface area contributed by atoms with Gasteiger partial charge >= 0.3 is 0 Å². The molecule has 0 aliphatic carbocycles. The first-order valence-corrected chi connectivity index (χ1v) is 4.12. The number of aromatic nitrogens is 3. The van der Waals surface area contributed by atoms with E-state index in [-0.39, 0.29) is 0 Å². The van der Waals surface area contributed by atoms with Crippen LogP contribution in [0.25, 0.3) is 11.0 Å². The predicted octanol–water partition coefficient (Wildman–Crippen LogP) is 1.40. The normalized spacial score (nSPS) is 10.1. The van der Waals surface area contributed by atoms with E-state index in [0.29, 0.717) is 17.3 Å². The van der Waals surface area contributed by atoms with Crippen molar-refractivity contribution in [1.82, 2.24) is 15.0 Å². The molecular formula is C9H9N5. The van der Waals surface area contributed by atoms with Gasteiger partial charge in [0, 0.05) is 13.2 Å². The molecule has 0 aromatic carbocycles. The summed E-state index contributed by atoms with van der Waals surface area (Å²) in [6.45, 7) is 3.45. The number of hydrogen-bond acceptors (Lipinski definition) is 5. The lowest BCUT2D eigenvalue weighted by molar-refractivity contribution is 1.16. The van der Waals surface area contributed by atoms with Crippen LogP contribution in [0.4, 0.5) is 11.8 Å². The lowest BCUT2D eigenvalue weighted by atomic mass is 10.3. The van der Waals surface area contributed by atoms with Crippen molar-refractivity contribution in [2.75, 3.05) is 12.4 Å². The minimum Gasteiger partial charge on any atom is -0.357 e. The molecule has 0 bridgehead atoms. The highest BCUT2D eigenvalue weighted by Crippen LogP contribution is 2.20. The number of pyridine rings is 1. The Morgan fingerprint density at radius 1 is 1.43 bits per heavy atom. The summed E-state index contributed by atoms with van der Waals surface area (Å²) in [5, 5.41) is 2.86. The summed E-state index contributed by atoms with van der Waals surface area (Å²) in [5.74, 6) is 1.02. The summed E-state index contributed by atoms with van der Waals surface area (Å²) < 4.78 is 0. The fourth-order valence-electron chi connectivity index (χ4n) is 1.17. The van der Waals surface area contributed by atoms with Gasteiger partial charge in [-0.3, -0.25) is 4.98 Å². The molecule has 0 atom stereocenters. The molecule has 0 fully saturated rings. The molecule has 70 valence electrons. The van der Waals surface area contributed by atoms with Gasteiger partial charge in [0.15, 0.2) is 5.82 Å². The van der Waals surface area contributed by atoms with Crippen molar-refractivity contribution in [1.29, 1.82) is 0 Å². The molecular weight excluding hydrogens is 178 g/mol. The second kappa shape index (κ2) is 3.37. The van der Waals surface area contributed by atoms with Crippen LogP contribution in [0.1, 0.15) is 0 Å². The minimum atomic E-state index is 0.500. The van der Waals surface area contributed by atoms with Crippen molar-refractivity contribution in [2.45, 2.75) is 0 Å². The maximum absolute atomic E-state index is 4.23. The number of hydrogen-bond donors (Lipinski definition) is 1. The van der Waals surface area contributed by atoms with E-state index in [9.17, 15) is 0 Å². The summed E-state index contributed by atoms with van der Waals surface area (Å²) in [4.78, 5) is 16.3. The maximum Gasteiger partial charge on any atom is 0.225 e. The molecule has 2 aromatic rings. The Hall–Kier alpha value is -2.04. The van der Waals surface area contributed by atoms with Crippen LogP contribution in [0.5, 0.6) is 0 Å². The van der Waals surface area contributed by atoms with E-state index in [1.165, 1.54) is 0 Å². The van der Waals surface area contributed by atoms with Crippen molar-refractivity contribution < 1.29 is 0 Å². The Labute approximate surface area is 80.9 Å². The van der Waals surface area contributed by atoms with Gasteiger partial charge in [0.2, 0.25) is 5.95 Å². The SMILES string of the molecule is C=Nc1nc(NC)nc2cccnc12. The van der Waals surface area contributed by atoms with E-state index >= 15 is 0 Å². The summed E-state index contributed by atoms with van der Waals surface area (Å²) in [6, 6.07) is 3.68. The van der Waals surface area contributed by atoms with Crippen molar-refractivity contribution in [2.24, 2.45) is 4.99 Å². The number of anilines is 1. The van der Waals surface area contributed by atoms with Crippen LogP contribution >= 0.6 is 0 Å². The molecule has 2 aromatic heterocycles. The zero-order chi connectivity index (χ0) is 9.97. The summed E-state index contributed by atoms with van der Waals surface area (Å²) in [6.07, 6.45) is 1.68. The lowest BCUT2D eigenvalue weighted by Gasteiger charge is -2.02. The molecule has 0 aliphatic heterocycles. The molecule has 0 saturated carbocycles. The second-order valence-electron chi connectivity index (χ2n) is 2.65. The van der Waals surface area contributed by atoms with Gasteiger partial charge in [0.05, 0.1) is 5.52 Å². The van der Waals surface area contributed by atoms with Crippen LogP contribution in [0.2, 0.25) is 0 Å². The van der Waals surface area contributed by atoms with E-state index in [1.807, 2.05) is 12.1 Å². The third kappa shape index (κ3) is 1.28. The zero-order valence-corrected chi connectivity index (χ0v) is 7.73. The third-order valence-corrected chi connectivity index (χ3v) is 1.81. The highest BCUT2D eigenvalue weighted by Gasteiger charge is 2.05. The van der Waals surface area contributed by atoms with Gasteiger partial charge in [-0.2, -0.15) is 4.98 Å². The average Bonchev–Trinajstić information content (AvgIpc) is 2.27. The first-order chi connectivity index (χ1) is 6.85. The van der Waals surface area contributed by atoms with Crippen molar-refractivity contribution in [3.05, 3.63) is 18.3 Å². The van der Waals surface area contributed by atoms with E-state index in [2.05, 4.69) is 32.0 Å². The molecule has 5 heteroatoms. The van der Waals surface area contributed by atoms with Crippen molar-refractivity contribution in [3.8, 4) is 0 Å². The van der Waals surface area contributed by atoms with Gasteiger partial charge in [-0.15, -0.1) is 0 Å². The summed E-state index contributed by atoms with van der Waals surface area (Å²) >= 11 is 0. The Morgan fingerprint density at radius 2 is 2.29 bits per heavy atom. The van der Waals surface area contributed by atoms with Crippen LogP contribution in [0.3, 0.4) is 0 Å². The van der Waals surface area contributed by atoms with E-state index in [0.717, 1.165) is 5.52 Å². The minimum absolute atomic E-state index is 0.500. The monoisotopic (exact) mass is 187 g/mol. The van der Waals surface area contributed by atoms with E-state index < -0.39 is 0 Å². The van der Waals surface area contributed by atoms with Gasteiger partial charge in [0.25, 0.3) is 0 Å². The molecule has 14 heavy (non-hydrogen) atoms. The smallest absolute Gasteiger partial charge is 0.225 e. The molecule has 0 amide bonds. The van der Waals surface area contributed by atoms with Gasteiger partial charge in [0.1, 0.15) is 5.52 Å². The highest BCUT2D eigenvalue weighted by molar-refractivity contribution is 5.85. The van der Waals surface area contributed by atoms with E-state index in [1.54, 1.807) is 13.2 Å². The largest absolute Gasteiger partial charge is 0.357 e. The molecule has 5 nitrogen and oxygen atoms in total. The summed E-state index contributed by atoms with van der Waals surface area (Å²) in [5.41, 5.74) is 1.43. The number of rotatable bonds is 2. The molecule has 2 heterocycles. The quantitative estimate of drug-likeness (QED) is 0.722. The maximum atomic E-state index is 4.23. The van der Waals surface area contributed by atoms with Crippen molar-refractivity contribution >= 4 is 29.5 Å². The van der Waals surface area contributed by atoms with Crippen LogP contribution < -0.4 is 5.32 Å². The molecule has 0 saturated heterocycles. The number of nitrogens with one attached hydrogen (secondary N) is 1. The number of fused-ring (bicyclic) bond motifs is 1. The van der Waals surface area contributed by atoms with Crippen LogP contribution in [0.15, 0.2) is 23.3 Å². The molecule has 1 N–H and O–H groups in total. The number of aliphatic imine (C=N–C) groups is 1. The lowest BCUT2D eigenvalue weighted by Crippen LogP contribution is -1.97. The fourth-order valence-corrected chi connectivity index (χ4v) is 1.17.